The van der Waals surface area contributed by atoms with E-state index >= 15 is 0 Å². The molecule has 0 spiro atoms. The Labute approximate surface area is 102 Å². The Morgan fingerprint density at radius 2 is 2.24 bits per heavy atom. The molecule has 88 valence electrons. The topological polar surface area (TPSA) is 75.1 Å². The van der Waals surface area contributed by atoms with Crippen LogP contribution < -0.4 is 5.32 Å². The lowest BCUT2D eigenvalue weighted by Gasteiger charge is -2.11. The van der Waals surface area contributed by atoms with E-state index in [4.69, 9.17) is 0 Å². The number of hydrogen-bond acceptors (Lipinski definition) is 5. The summed E-state index contributed by atoms with van der Waals surface area (Å²) in [4.78, 5) is 12.2. The predicted molar refractivity (Wildman–Crippen MR) is 64.9 cm³/mol. The van der Waals surface area contributed by atoms with Crippen LogP contribution >= 0.6 is 11.5 Å². The summed E-state index contributed by atoms with van der Waals surface area (Å²) in [6, 6.07) is 7.12. The zero-order valence-electron chi connectivity index (χ0n) is 9.12. The molecule has 0 fully saturated rings. The fraction of sp³-hybridized carbons (Fsp3) is 0.182. The molecule has 0 aliphatic carbocycles. The zero-order valence-corrected chi connectivity index (χ0v) is 9.94. The van der Waals surface area contributed by atoms with Crippen LogP contribution in [0.15, 0.2) is 30.5 Å². The van der Waals surface area contributed by atoms with E-state index in [0.717, 1.165) is 11.5 Å². The molecule has 1 aromatic heterocycles. The van der Waals surface area contributed by atoms with Crippen LogP contribution in [-0.2, 0) is 0 Å². The Morgan fingerprint density at radius 3 is 2.88 bits per heavy atom. The van der Waals surface area contributed by atoms with Gasteiger partial charge in [0.05, 0.1) is 12.3 Å². The molecule has 0 saturated heterocycles. The standard InChI is InChI=1S/C11H11N3O2S/c1-7(15)8-4-2-3-5-9(8)13-11(16)10-6-12-14-17-10/h2-7,15H,1H3,(H,13,16). The Balaban J connectivity index is 2.22. The predicted octanol–water partition coefficient (Wildman–Crippen LogP) is 1.84. The highest BCUT2D eigenvalue weighted by Crippen LogP contribution is 2.22. The van der Waals surface area contributed by atoms with Crippen molar-refractivity contribution in [1.82, 2.24) is 9.59 Å². The summed E-state index contributed by atoms with van der Waals surface area (Å²) in [6.45, 7) is 1.65. The van der Waals surface area contributed by atoms with Gasteiger partial charge in [0.25, 0.3) is 5.91 Å². The minimum absolute atomic E-state index is 0.270. The van der Waals surface area contributed by atoms with E-state index in [9.17, 15) is 9.90 Å². The van der Waals surface area contributed by atoms with Gasteiger partial charge in [-0.25, -0.2) is 0 Å². The van der Waals surface area contributed by atoms with E-state index in [2.05, 4.69) is 14.9 Å². The molecule has 1 atom stereocenters. The van der Waals surface area contributed by atoms with Gasteiger partial charge >= 0.3 is 0 Å². The van der Waals surface area contributed by atoms with Crippen molar-refractivity contribution in [2.24, 2.45) is 0 Å². The van der Waals surface area contributed by atoms with Gasteiger partial charge in [-0.2, -0.15) is 0 Å². The molecular weight excluding hydrogens is 238 g/mol. The molecule has 5 nitrogen and oxygen atoms in total. The maximum atomic E-state index is 11.8. The molecule has 0 bridgehead atoms. The molecule has 2 aromatic rings. The minimum Gasteiger partial charge on any atom is -0.389 e. The Bertz CT molecular complexity index is 511. The lowest BCUT2D eigenvalue weighted by molar-refractivity contribution is 0.103. The fourth-order valence-electron chi connectivity index (χ4n) is 1.43. The maximum absolute atomic E-state index is 11.8. The first-order valence-corrected chi connectivity index (χ1v) is 5.81. The van der Waals surface area contributed by atoms with Crippen molar-refractivity contribution in [2.45, 2.75) is 13.0 Å². The van der Waals surface area contributed by atoms with Gasteiger partial charge < -0.3 is 10.4 Å². The number of rotatable bonds is 3. The van der Waals surface area contributed by atoms with E-state index in [1.54, 1.807) is 25.1 Å². The van der Waals surface area contributed by atoms with Gasteiger partial charge in [0.1, 0.15) is 4.88 Å². The van der Waals surface area contributed by atoms with Crippen molar-refractivity contribution in [1.29, 1.82) is 0 Å². The minimum atomic E-state index is -0.633. The second-order valence-corrected chi connectivity index (χ2v) is 4.28. The highest BCUT2D eigenvalue weighted by atomic mass is 32.1. The van der Waals surface area contributed by atoms with E-state index in [1.165, 1.54) is 6.20 Å². The number of aliphatic hydroxyl groups excluding tert-OH is 1. The third-order valence-electron chi connectivity index (χ3n) is 2.24. The van der Waals surface area contributed by atoms with E-state index in [0.29, 0.717) is 16.1 Å². The number of carbonyl (C=O) groups excluding carboxylic acids is 1. The van der Waals surface area contributed by atoms with Crippen molar-refractivity contribution in [3.63, 3.8) is 0 Å². The largest absolute Gasteiger partial charge is 0.389 e. The highest BCUT2D eigenvalue weighted by Gasteiger charge is 2.12. The summed E-state index contributed by atoms with van der Waals surface area (Å²) in [5, 5.41) is 15.9. The lowest BCUT2D eigenvalue weighted by atomic mass is 10.1. The van der Waals surface area contributed by atoms with E-state index < -0.39 is 6.10 Å². The summed E-state index contributed by atoms with van der Waals surface area (Å²) in [5.74, 6) is -0.270. The van der Waals surface area contributed by atoms with Crippen molar-refractivity contribution in [3.8, 4) is 0 Å². The first-order chi connectivity index (χ1) is 8.18. The van der Waals surface area contributed by atoms with Crippen molar-refractivity contribution in [2.75, 3.05) is 5.32 Å². The lowest BCUT2D eigenvalue weighted by Crippen LogP contribution is -2.12. The van der Waals surface area contributed by atoms with Crippen molar-refractivity contribution < 1.29 is 9.90 Å². The van der Waals surface area contributed by atoms with Crippen molar-refractivity contribution in [3.05, 3.63) is 40.9 Å². The number of amides is 1. The van der Waals surface area contributed by atoms with Gasteiger partial charge in [-0.15, -0.1) is 5.10 Å². The third-order valence-corrected chi connectivity index (χ3v) is 2.91. The number of aromatic nitrogens is 2. The molecule has 1 heterocycles. The van der Waals surface area contributed by atoms with Gasteiger partial charge in [0.15, 0.2) is 0 Å². The number of hydrogen-bond donors (Lipinski definition) is 2. The number of aliphatic hydroxyl groups is 1. The van der Waals surface area contributed by atoms with Crippen molar-refractivity contribution >= 4 is 23.1 Å². The monoisotopic (exact) mass is 249 g/mol. The van der Waals surface area contributed by atoms with Gasteiger partial charge in [-0.1, -0.05) is 22.7 Å². The first-order valence-electron chi connectivity index (χ1n) is 5.04. The molecule has 0 aliphatic rings. The second kappa shape index (κ2) is 5.03. The Kier molecular flexibility index (Phi) is 3.46. The molecular formula is C11H11N3O2S. The van der Waals surface area contributed by atoms with Gasteiger partial charge in [0, 0.05) is 11.3 Å². The van der Waals surface area contributed by atoms with Crippen LogP contribution in [0.25, 0.3) is 0 Å². The molecule has 17 heavy (non-hydrogen) atoms. The number of carbonyl (C=O) groups is 1. The normalized spacial score (nSPS) is 12.1. The zero-order chi connectivity index (χ0) is 12.3. The molecule has 0 radical (unpaired) electrons. The number of nitrogens with zero attached hydrogens (tertiary/aromatic N) is 2. The average molecular weight is 249 g/mol. The van der Waals surface area contributed by atoms with Crippen LogP contribution in [0, 0.1) is 0 Å². The number of para-hydroxylation sites is 1. The van der Waals surface area contributed by atoms with E-state index in [1.807, 2.05) is 6.07 Å². The van der Waals surface area contributed by atoms with Crippen LogP contribution in [0.4, 0.5) is 5.69 Å². The molecule has 2 rings (SSSR count). The van der Waals surface area contributed by atoms with Crippen LogP contribution in [0.1, 0.15) is 28.3 Å². The fourth-order valence-corrected chi connectivity index (χ4v) is 1.84. The first kappa shape index (κ1) is 11.7. The number of anilines is 1. The second-order valence-electron chi connectivity index (χ2n) is 3.50. The summed E-state index contributed by atoms with van der Waals surface area (Å²) in [5.41, 5.74) is 1.28. The SMILES string of the molecule is CC(O)c1ccccc1NC(=O)c1cnns1. The molecule has 1 unspecified atom stereocenters. The summed E-state index contributed by atoms with van der Waals surface area (Å²) >= 11 is 1.03. The average Bonchev–Trinajstić information content (AvgIpc) is 2.83. The summed E-state index contributed by atoms with van der Waals surface area (Å²) < 4.78 is 3.62. The quantitative estimate of drug-likeness (QED) is 0.870. The van der Waals surface area contributed by atoms with Crippen LogP contribution in [-0.4, -0.2) is 20.6 Å². The number of benzene rings is 1. The van der Waals surface area contributed by atoms with E-state index in [-0.39, 0.29) is 5.91 Å². The van der Waals surface area contributed by atoms with Crippen LogP contribution in [0.2, 0.25) is 0 Å². The Morgan fingerprint density at radius 1 is 1.47 bits per heavy atom. The molecule has 1 amide bonds. The van der Waals surface area contributed by atoms with Gasteiger partial charge in [-0.3, -0.25) is 4.79 Å². The summed E-state index contributed by atoms with van der Waals surface area (Å²) in [6.07, 6.45) is 0.774. The molecule has 6 heteroatoms. The molecule has 2 N–H and O–H groups in total. The smallest absolute Gasteiger partial charge is 0.269 e. The van der Waals surface area contributed by atoms with Gasteiger partial charge in [-0.05, 0) is 24.5 Å². The molecule has 0 saturated carbocycles. The molecule has 1 aromatic carbocycles. The third kappa shape index (κ3) is 2.66. The number of nitrogens with one attached hydrogen (secondary N) is 1. The highest BCUT2D eigenvalue weighted by molar-refractivity contribution is 7.07. The van der Waals surface area contributed by atoms with Crippen LogP contribution in [0.5, 0.6) is 0 Å². The van der Waals surface area contributed by atoms with Crippen LogP contribution in [0.3, 0.4) is 0 Å². The van der Waals surface area contributed by atoms with Gasteiger partial charge in [0.2, 0.25) is 0 Å². The molecule has 0 aliphatic heterocycles. The summed E-state index contributed by atoms with van der Waals surface area (Å²) in [7, 11) is 0. The maximum Gasteiger partial charge on any atom is 0.269 e. The Hall–Kier alpha value is -1.79.